The van der Waals surface area contributed by atoms with Crippen LogP contribution in [0.25, 0.3) is 10.9 Å². The molecule has 1 aromatic heterocycles. The quantitative estimate of drug-likeness (QED) is 0.575. The number of aromatic amines is 1. The van der Waals surface area contributed by atoms with Gasteiger partial charge in [-0.3, -0.25) is 9.59 Å². The molecule has 7 rings (SSSR count). The summed E-state index contributed by atoms with van der Waals surface area (Å²) in [7, 11) is 0. The van der Waals surface area contributed by atoms with E-state index < -0.39 is 17.4 Å². The predicted octanol–water partition coefficient (Wildman–Crippen LogP) is 2.54. The lowest BCUT2D eigenvalue weighted by Crippen LogP contribution is -2.44. The first-order valence-electron chi connectivity index (χ1n) is 11.5. The number of benzene rings is 2. The fourth-order valence-corrected chi connectivity index (χ4v) is 5.85. The number of hydrogen-bond acceptors (Lipinski definition) is 5. The van der Waals surface area contributed by atoms with Crippen LogP contribution in [0.5, 0.6) is 11.5 Å². The molecular weight excluding hydrogens is 434 g/mol. The summed E-state index contributed by atoms with van der Waals surface area (Å²) in [6.45, 7) is 1.04. The molecule has 2 N–H and O–H groups in total. The van der Waals surface area contributed by atoms with E-state index in [4.69, 9.17) is 14.2 Å². The van der Waals surface area contributed by atoms with Crippen molar-refractivity contribution in [2.75, 3.05) is 24.8 Å². The highest BCUT2D eigenvalue weighted by Crippen LogP contribution is 2.53. The SMILES string of the molecule is O=C(NCCc1c[nH]c2ccccc12)[C@H]1[C@H]2C(=O)N(c3ccc4c(c3)OCO4)C[C@]23C=C[C@H]1O3. The molecule has 2 amide bonds. The lowest BCUT2D eigenvalue weighted by molar-refractivity contribution is -0.131. The van der Waals surface area contributed by atoms with Gasteiger partial charge in [0.2, 0.25) is 18.6 Å². The van der Waals surface area contributed by atoms with Gasteiger partial charge in [0.1, 0.15) is 5.60 Å². The van der Waals surface area contributed by atoms with Crippen molar-refractivity contribution in [3.05, 3.63) is 66.4 Å². The van der Waals surface area contributed by atoms with E-state index in [1.165, 1.54) is 0 Å². The number of nitrogens with zero attached hydrogens (tertiary/aromatic N) is 1. The van der Waals surface area contributed by atoms with Crippen LogP contribution in [-0.4, -0.2) is 48.4 Å². The molecule has 4 aliphatic heterocycles. The molecule has 3 aromatic rings. The number of rotatable bonds is 5. The second-order valence-corrected chi connectivity index (χ2v) is 9.26. The Balaban J connectivity index is 1.08. The highest BCUT2D eigenvalue weighted by atomic mass is 16.7. The summed E-state index contributed by atoms with van der Waals surface area (Å²) in [6, 6.07) is 13.6. The molecule has 172 valence electrons. The summed E-state index contributed by atoms with van der Waals surface area (Å²) in [5, 5.41) is 4.22. The van der Waals surface area contributed by atoms with Crippen LogP contribution in [0.3, 0.4) is 0 Å². The van der Waals surface area contributed by atoms with E-state index in [1.807, 2.05) is 48.7 Å². The Morgan fingerprint density at radius 3 is 3.00 bits per heavy atom. The zero-order chi connectivity index (χ0) is 22.9. The number of para-hydroxylation sites is 1. The molecule has 2 bridgehead atoms. The Bertz CT molecular complexity index is 1360. The summed E-state index contributed by atoms with van der Waals surface area (Å²) in [5.74, 6) is -0.0320. The van der Waals surface area contributed by atoms with E-state index in [2.05, 4.69) is 16.4 Å². The van der Waals surface area contributed by atoms with Gasteiger partial charge in [0.05, 0.1) is 24.5 Å². The average molecular weight is 457 g/mol. The molecule has 0 saturated carbocycles. The first kappa shape index (κ1) is 19.7. The molecule has 8 nitrogen and oxygen atoms in total. The zero-order valence-corrected chi connectivity index (χ0v) is 18.3. The van der Waals surface area contributed by atoms with Gasteiger partial charge >= 0.3 is 0 Å². The van der Waals surface area contributed by atoms with E-state index in [0.717, 1.165) is 22.2 Å². The third kappa shape index (κ3) is 2.75. The van der Waals surface area contributed by atoms with Crippen molar-refractivity contribution >= 4 is 28.4 Å². The van der Waals surface area contributed by atoms with Crippen molar-refractivity contribution in [3.63, 3.8) is 0 Å². The van der Waals surface area contributed by atoms with E-state index in [0.29, 0.717) is 31.0 Å². The third-order valence-electron chi connectivity index (χ3n) is 7.44. The summed E-state index contributed by atoms with van der Waals surface area (Å²) >= 11 is 0. The molecule has 4 aliphatic rings. The van der Waals surface area contributed by atoms with Gasteiger partial charge < -0.3 is 29.4 Å². The van der Waals surface area contributed by atoms with Crippen molar-refractivity contribution in [2.45, 2.75) is 18.1 Å². The maximum atomic E-state index is 13.5. The molecule has 0 aliphatic carbocycles. The molecular formula is C26H23N3O5. The Morgan fingerprint density at radius 2 is 2.06 bits per heavy atom. The lowest BCUT2D eigenvalue weighted by atomic mass is 9.77. The number of aromatic nitrogens is 1. The fourth-order valence-electron chi connectivity index (χ4n) is 5.85. The van der Waals surface area contributed by atoms with Crippen molar-refractivity contribution in [1.29, 1.82) is 0 Å². The van der Waals surface area contributed by atoms with Crippen LogP contribution < -0.4 is 19.7 Å². The number of fused-ring (bicyclic) bond motifs is 3. The monoisotopic (exact) mass is 457 g/mol. The second-order valence-electron chi connectivity index (χ2n) is 9.26. The summed E-state index contributed by atoms with van der Waals surface area (Å²) in [4.78, 5) is 31.8. The fraction of sp³-hybridized carbons (Fsp3) is 0.308. The maximum absolute atomic E-state index is 13.5. The normalized spacial score (nSPS) is 28.2. The van der Waals surface area contributed by atoms with Crippen LogP contribution in [0.2, 0.25) is 0 Å². The first-order valence-corrected chi connectivity index (χ1v) is 11.5. The minimum atomic E-state index is -0.767. The largest absolute Gasteiger partial charge is 0.454 e. The van der Waals surface area contributed by atoms with Gasteiger partial charge in [-0.2, -0.15) is 0 Å². The zero-order valence-electron chi connectivity index (χ0n) is 18.3. The molecule has 2 fully saturated rings. The van der Waals surface area contributed by atoms with Gasteiger partial charge in [-0.05, 0) is 30.2 Å². The minimum Gasteiger partial charge on any atom is -0.454 e. The van der Waals surface area contributed by atoms with E-state index in [-0.39, 0.29) is 24.7 Å². The Labute approximate surface area is 195 Å². The molecule has 8 heteroatoms. The van der Waals surface area contributed by atoms with Crippen LogP contribution in [0, 0.1) is 11.8 Å². The average Bonchev–Trinajstić information content (AvgIpc) is 3.66. The molecule has 4 atom stereocenters. The molecule has 1 spiro atoms. The number of anilines is 1. The van der Waals surface area contributed by atoms with Crippen molar-refractivity contribution in [1.82, 2.24) is 10.3 Å². The van der Waals surface area contributed by atoms with Gasteiger partial charge in [-0.25, -0.2) is 0 Å². The van der Waals surface area contributed by atoms with E-state index in [1.54, 1.807) is 11.0 Å². The van der Waals surface area contributed by atoms with Gasteiger partial charge in [0.25, 0.3) is 0 Å². The Hall–Kier alpha value is -3.78. The second kappa shape index (κ2) is 7.11. The Morgan fingerprint density at radius 1 is 1.18 bits per heavy atom. The van der Waals surface area contributed by atoms with Gasteiger partial charge in [0.15, 0.2) is 11.5 Å². The first-order chi connectivity index (χ1) is 16.6. The molecule has 2 aromatic carbocycles. The number of amides is 2. The molecule has 2 saturated heterocycles. The number of carbonyl (C=O) groups is 2. The van der Waals surface area contributed by atoms with Crippen molar-refractivity contribution in [2.24, 2.45) is 11.8 Å². The Kier molecular flexibility index (Phi) is 4.11. The number of H-pyrrole nitrogens is 1. The van der Waals surface area contributed by atoms with E-state index in [9.17, 15) is 9.59 Å². The van der Waals surface area contributed by atoms with Crippen molar-refractivity contribution in [3.8, 4) is 11.5 Å². The summed E-state index contributed by atoms with van der Waals surface area (Å²) in [6.07, 6.45) is 6.20. The van der Waals surface area contributed by atoms with Crippen LogP contribution in [-0.2, 0) is 20.7 Å². The maximum Gasteiger partial charge on any atom is 0.234 e. The topological polar surface area (TPSA) is 92.9 Å². The van der Waals surface area contributed by atoms with Crippen molar-refractivity contribution < 1.29 is 23.8 Å². The third-order valence-corrected chi connectivity index (χ3v) is 7.44. The minimum absolute atomic E-state index is 0.0949. The predicted molar refractivity (Wildman–Crippen MR) is 124 cm³/mol. The number of ether oxygens (including phenoxy) is 3. The van der Waals surface area contributed by atoms with Crippen LogP contribution in [0.15, 0.2) is 60.8 Å². The standard InChI is InChI=1S/C26H23N3O5/c30-24(27-10-8-15-12-28-18-4-2-1-3-17(15)18)22-20-7-9-26(34-20)13-29(25(31)23(22)26)16-5-6-19-21(11-16)33-14-32-19/h1-7,9,11-12,20,22-23,28H,8,10,13-14H2,(H,27,30)/t20-,22-,23+,26-/m1/s1. The molecule has 5 heterocycles. The van der Waals surface area contributed by atoms with E-state index >= 15 is 0 Å². The highest BCUT2D eigenvalue weighted by Gasteiger charge is 2.67. The molecule has 34 heavy (non-hydrogen) atoms. The van der Waals surface area contributed by atoms with Crippen LogP contribution in [0.1, 0.15) is 5.56 Å². The van der Waals surface area contributed by atoms with Gasteiger partial charge in [-0.15, -0.1) is 0 Å². The van der Waals surface area contributed by atoms with Crippen LogP contribution >= 0.6 is 0 Å². The summed E-state index contributed by atoms with van der Waals surface area (Å²) < 4.78 is 17.1. The number of hydrogen-bond donors (Lipinski definition) is 2. The van der Waals surface area contributed by atoms with Gasteiger partial charge in [-0.1, -0.05) is 30.4 Å². The lowest BCUT2D eigenvalue weighted by Gasteiger charge is -2.23. The molecule has 0 radical (unpaired) electrons. The summed E-state index contributed by atoms with van der Waals surface area (Å²) in [5.41, 5.74) is 2.19. The smallest absolute Gasteiger partial charge is 0.234 e. The number of carbonyl (C=O) groups excluding carboxylic acids is 2. The highest BCUT2D eigenvalue weighted by molar-refractivity contribution is 6.03. The number of nitrogens with one attached hydrogen (secondary N) is 2. The van der Waals surface area contributed by atoms with Crippen LogP contribution in [0.4, 0.5) is 5.69 Å². The van der Waals surface area contributed by atoms with Gasteiger partial charge in [0, 0.05) is 35.4 Å². The molecule has 0 unspecified atom stereocenters.